The van der Waals surface area contributed by atoms with E-state index >= 15 is 0 Å². The number of likely N-dealkylation sites (tertiary alicyclic amines) is 1. The van der Waals surface area contributed by atoms with Crippen LogP contribution >= 0.6 is 23.2 Å². The van der Waals surface area contributed by atoms with E-state index in [1.54, 1.807) is 7.11 Å². The molecular formula is C15H22Cl2N2O. The normalized spacial score (nSPS) is 19.2. The highest BCUT2D eigenvalue weighted by molar-refractivity contribution is 6.42. The molecule has 0 aliphatic carbocycles. The van der Waals surface area contributed by atoms with E-state index in [0.717, 1.165) is 38.1 Å². The van der Waals surface area contributed by atoms with E-state index in [2.05, 4.69) is 4.90 Å². The van der Waals surface area contributed by atoms with Crippen LogP contribution in [-0.2, 0) is 4.74 Å². The second-order valence-electron chi connectivity index (χ2n) is 5.36. The highest BCUT2D eigenvalue weighted by atomic mass is 35.5. The Balaban J connectivity index is 2.03. The molecule has 0 bridgehead atoms. The third kappa shape index (κ3) is 3.86. The molecule has 0 radical (unpaired) electrons. The molecule has 0 spiro atoms. The quantitative estimate of drug-likeness (QED) is 0.905. The molecule has 1 aliphatic rings. The fraction of sp³-hybridized carbons (Fsp3) is 0.600. The summed E-state index contributed by atoms with van der Waals surface area (Å²) < 4.78 is 5.24. The average molecular weight is 317 g/mol. The van der Waals surface area contributed by atoms with Crippen LogP contribution in [0, 0.1) is 5.92 Å². The number of nitrogens with two attached hydrogens (primary N) is 1. The standard InChI is InChI=1S/C15H22Cl2N2O/c1-20-10-11-4-6-19(7-5-11)15(9-18)12-2-3-13(16)14(17)8-12/h2-3,8,11,15H,4-7,9-10,18H2,1H3. The molecule has 1 saturated heterocycles. The van der Waals surface area contributed by atoms with E-state index in [1.807, 2.05) is 18.2 Å². The summed E-state index contributed by atoms with van der Waals surface area (Å²) in [5.41, 5.74) is 7.12. The molecule has 3 nitrogen and oxygen atoms in total. The Labute approximate surface area is 131 Å². The highest BCUT2D eigenvalue weighted by Crippen LogP contribution is 2.30. The van der Waals surface area contributed by atoms with Gasteiger partial charge in [0.15, 0.2) is 0 Å². The molecule has 1 aromatic carbocycles. The van der Waals surface area contributed by atoms with Gasteiger partial charge in [-0.25, -0.2) is 0 Å². The van der Waals surface area contributed by atoms with Crippen LogP contribution in [0.4, 0.5) is 0 Å². The molecule has 1 atom stereocenters. The minimum absolute atomic E-state index is 0.216. The third-order valence-electron chi connectivity index (χ3n) is 4.04. The highest BCUT2D eigenvalue weighted by Gasteiger charge is 2.25. The summed E-state index contributed by atoms with van der Waals surface area (Å²) >= 11 is 12.1. The summed E-state index contributed by atoms with van der Waals surface area (Å²) in [6.45, 7) is 3.55. The summed E-state index contributed by atoms with van der Waals surface area (Å²) in [5.74, 6) is 0.670. The van der Waals surface area contributed by atoms with Gasteiger partial charge in [0, 0.05) is 26.3 Å². The van der Waals surface area contributed by atoms with Crippen LogP contribution in [0.15, 0.2) is 18.2 Å². The van der Waals surface area contributed by atoms with Gasteiger partial charge in [-0.2, -0.15) is 0 Å². The van der Waals surface area contributed by atoms with Gasteiger partial charge in [0.1, 0.15) is 0 Å². The lowest BCUT2D eigenvalue weighted by Gasteiger charge is -2.37. The molecule has 0 amide bonds. The average Bonchev–Trinajstić information content (AvgIpc) is 2.46. The lowest BCUT2D eigenvalue weighted by Crippen LogP contribution is -2.40. The molecule has 1 fully saturated rings. The Morgan fingerprint density at radius 1 is 1.30 bits per heavy atom. The molecular weight excluding hydrogens is 295 g/mol. The Bertz CT molecular complexity index is 434. The smallest absolute Gasteiger partial charge is 0.0595 e. The minimum Gasteiger partial charge on any atom is -0.384 e. The van der Waals surface area contributed by atoms with Crippen molar-refractivity contribution >= 4 is 23.2 Å². The maximum Gasteiger partial charge on any atom is 0.0595 e. The molecule has 2 rings (SSSR count). The number of hydrogen-bond donors (Lipinski definition) is 1. The van der Waals surface area contributed by atoms with Gasteiger partial charge in [-0.3, -0.25) is 4.90 Å². The van der Waals surface area contributed by atoms with Gasteiger partial charge in [0.2, 0.25) is 0 Å². The first kappa shape index (κ1) is 16.1. The minimum atomic E-state index is 0.216. The predicted octanol–water partition coefficient (Wildman–Crippen LogP) is 3.35. The van der Waals surface area contributed by atoms with Gasteiger partial charge < -0.3 is 10.5 Å². The first-order valence-corrected chi connectivity index (χ1v) is 7.79. The van der Waals surface area contributed by atoms with Crippen LogP contribution in [0.25, 0.3) is 0 Å². The van der Waals surface area contributed by atoms with Gasteiger partial charge in [-0.05, 0) is 49.5 Å². The first-order valence-electron chi connectivity index (χ1n) is 7.03. The van der Waals surface area contributed by atoms with Gasteiger partial charge in [-0.1, -0.05) is 29.3 Å². The number of hydrogen-bond acceptors (Lipinski definition) is 3. The molecule has 112 valence electrons. The van der Waals surface area contributed by atoms with Gasteiger partial charge in [0.05, 0.1) is 10.0 Å². The van der Waals surface area contributed by atoms with Crippen molar-refractivity contribution in [3.05, 3.63) is 33.8 Å². The molecule has 1 heterocycles. The molecule has 2 N–H and O–H groups in total. The zero-order chi connectivity index (χ0) is 14.5. The van der Waals surface area contributed by atoms with Crippen molar-refractivity contribution in [2.45, 2.75) is 18.9 Å². The van der Waals surface area contributed by atoms with Crippen LogP contribution in [0.5, 0.6) is 0 Å². The first-order chi connectivity index (χ1) is 9.65. The zero-order valence-corrected chi connectivity index (χ0v) is 13.3. The molecule has 5 heteroatoms. The Hall–Kier alpha value is -0.320. The summed E-state index contributed by atoms with van der Waals surface area (Å²) in [6.07, 6.45) is 2.32. The fourth-order valence-corrected chi connectivity index (χ4v) is 3.19. The molecule has 20 heavy (non-hydrogen) atoms. The van der Waals surface area contributed by atoms with Crippen molar-refractivity contribution in [1.82, 2.24) is 4.90 Å². The van der Waals surface area contributed by atoms with Crippen molar-refractivity contribution in [3.63, 3.8) is 0 Å². The van der Waals surface area contributed by atoms with Crippen LogP contribution in [0.2, 0.25) is 10.0 Å². The summed E-state index contributed by atoms with van der Waals surface area (Å²) in [5, 5.41) is 1.18. The maximum absolute atomic E-state index is 6.11. The van der Waals surface area contributed by atoms with E-state index in [-0.39, 0.29) is 6.04 Å². The number of benzene rings is 1. The predicted molar refractivity (Wildman–Crippen MR) is 84.4 cm³/mol. The Kier molecular flexibility index (Phi) is 6.12. The number of halogens is 2. The van der Waals surface area contributed by atoms with Crippen LogP contribution in [0.1, 0.15) is 24.4 Å². The maximum atomic E-state index is 6.11. The second-order valence-corrected chi connectivity index (χ2v) is 6.17. The molecule has 0 saturated carbocycles. The topological polar surface area (TPSA) is 38.5 Å². The van der Waals surface area contributed by atoms with Crippen LogP contribution in [-0.4, -0.2) is 38.3 Å². The largest absolute Gasteiger partial charge is 0.384 e. The van der Waals surface area contributed by atoms with Crippen LogP contribution in [0.3, 0.4) is 0 Å². The monoisotopic (exact) mass is 316 g/mol. The molecule has 1 aromatic rings. The van der Waals surface area contributed by atoms with E-state index in [1.165, 1.54) is 0 Å². The summed E-state index contributed by atoms with van der Waals surface area (Å²) in [6, 6.07) is 6.02. The SMILES string of the molecule is COCC1CCN(C(CN)c2ccc(Cl)c(Cl)c2)CC1. The van der Waals surface area contributed by atoms with E-state index < -0.39 is 0 Å². The Morgan fingerprint density at radius 3 is 2.55 bits per heavy atom. The van der Waals surface area contributed by atoms with Crippen LogP contribution < -0.4 is 5.73 Å². The van der Waals surface area contributed by atoms with Crippen molar-refractivity contribution < 1.29 is 4.74 Å². The van der Waals surface area contributed by atoms with Gasteiger partial charge in [0.25, 0.3) is 0 Å². The number of ether oxygens (including phenoxy) is 1. The number of nitrogens with zero attached hydrogens (tertiary/aromatic N) is 1. The third-order valence-corrected chi connectivity index (χ3v) is 4.78. The summed E-state index contributed by atoms with van der Waals surface area (Å²) in [7, 11) is 1.77. The summed E-state index contributed by atoms with van der Waals surface area (Å²) in [4.78, 5) is 2.44. The molecule has 1 unspecified atom stereocenters. The second kappa shape index (κ2) is 7.62. The van der Waals surface area contributed by atoms with E-state index in [4.69, 9.17) is 33.7 Å². The number of piperidine rings is 1. The number of methoxy groups -OCH3 is 1. The van der Waals surface area contributed by atoms with Crippen molar-refractivity contribution in [3.8, 4) is 0 Å². The van der Waals surface area contributed by atoms with Gasteiger partial charge in [-0.15, -0.1) is 0 Å². The van der Waals surface area contributed by atoms with Crippen molar-refractivity contribution in [2.24, 2.45) is 11.7 Å². The van der Waals surface area contributed by atoms with Gasteiger partial charge >= 0.3 is 0 Å². The molecule has 0 aromatic heterocycles. The van der Waals surface area contributed by atoms with E-state index in [9.17, 15) is 0 Å². The zero-order valence-electron chi connectivity index (χ0n) is 11.8. The van der Waals surface area contributed by atoms with Crippen molar-refractivity contribution in [2.75, 3.05) is 33.4 Å². The Morgan fingerprint density at radius 2 is 2.00 bits per heavy atom. The number of rotatable bonds is 5. The lowest BCUT2D eigenvalue weighted by molar-refractivity contribution is 0.0810. The van der Waals surface area contributed by atoms with E-state index in [0.29, 0.717) is 22.5 Å². The van der Waals surface area contributed by atoms with Crippen molar-refractivity contribution in [1.29, 1.82) is 0 Å². The molecule has 1 aliphatic heterocycles. The lowest BCUT2D eigenvalue weighted by atomic mass is 9.95. The fourth-order valence-electron chi connectivity index (χ4n) is 2.88.